The molecule has 0 fully saturated rings. The van der Waals surface area contributed by atoms with Crippen LogP contribution in [0.5, 0.6) is 5.75 Å². The maximum absolute atomic E-state index is 12.5. The van der Waals surface area contributed by atoms with Gasteiger partial charge in [0, 0.05) is 11.4 Å². The number of hydrogen-bond donors (Lipinski definition) is 2. The number of para-hydroxylation sites is 1. The van der Waals surface area contributed by atoms with Gasteiger partial charge in [0.25, 0.3) is 5.91 Å². The Hall–Kier alpha value is -3.12. The largest absolute Gasteiger partial charge is 0.494 e. The minimum absolute atomic E-state index is 0.246. The smallest absolute Gasteiger partial charge is 0.274 e. The second-order valence-electron chi connectivity index (χ2n) is 5.73. The monoisotopic (exact) mass is 382 g/mol. The first kappa shape index (κ1) is 18.7. The van der Waals surface area contributed by atoms with Crippen molar-refractivity contribution in [3.05, 3.63) is 71.0 Å². The number of aromatic nitrogens is 2. The lowest BCUT2D eigenvalue weighted by Crippen LogP contribution is -2.15. The van der Waals surface area contributed by atoms with E-state index in [4.69, 9.17) is 16.3 Å². The van der Waals surface area contributed by atoms with E-state index < -0.39 is 0 Å². The van der Waals surface area contributed by atoms with Gasteiger partial charge in [-0.15, -0.1) is 0 Å². The van der Waals surface area contributed by atoms with E-state index in [0.29, 0.717) is 29.0 Å². The minimum Gasteiger partial charge on any atom is -0.494 e. The van der Waals surface area contributed by atoms with E-state index in [9.17, 15) is 4.79 Å². The Balaban J connectivity index is 1.77. The van der Waals surface area contributed by atoms with Crippen molar-refractivity contribution < 1.29 is 9.53 Å². The third-order valence-electron chi connectivity index (χ3n) is 3.63. The first-order valence-electron chi connectivity index (χ1n) is 8.46. The summed E-state index contributed by atoms with van der Waals surface area (Å²) in [4.78, 5) is 21.2. The highest BCUT2D eigenvalue weighted by Crippen LogP contribution is 2.22. The molecular formula is C20H19ClN4O2. The Kier molecular flexibility index (Phi) is 5.88. The molecule has 0 aliphatic rings. The van der Waals surface area contributed by atoms with Crippen molar-refractivity contribution in [1.82, 2.24) is 9.97 Å². The molecule has 6 nitrogen and oxygen atoms in total. The van der Waals surface area contributed by atoms with Gasteiger partial charge >= 0.3 is 0 Å². The van der Waals surface area contributed by atoms with Crippen LogP contribution in [-0.4, -0.2) is 22.5 Å². The quantitative estimate of drug-likeness (QED) is 0.638. The van der Waals surface area contributed by atoms with Crippen molar-refractivity contribution >= 4 is 34.8 Å². The first-order chi connectivity index (χ1) is 13.0. The summed E-state index contributed by atoms with van der Waals surface area (Å²) in [7, 11) is 0. The highest BCUT2D eigenvalue weighted by atomic mass is 35.5. The molecule has 0 bridgehead atoms. The molecule has 0 aliphatic heterocycles. The number of benzene rings is 2. The van der Waals surface area contributed by atoms with E-state index in [1.807, 2.05) is 31.2 Å². The number of ether oxygens (including phenoxy) is 1. The van der Waals surface area contributed by atoms with Crippen LogP contribution < -0.4 is 15.4 Å². The van der Waals surface area contributed by atoms with Gasteiger partial charge in [-0.25, -0.2) is 9.97 Å². The molecule has 0 radical (unpaired) electrons. The van der Waals surface area contributed by atoms with Gasteiger partial charge in [0.1, 0.15) is 11.4 Å². The number of nitrogens with one attached hydrogen (secondary N) is 2. The fourth-order valence-corrected chi connectivity index (χ4v) is 2.60. The van der Waals surface area contributed by atoms with E-state index in [-0.39, 0.29) is 11.6 Å². The van der Waals surface area contributed by atoms with Crippen molar-refractivity contribution in [1.29, 1.82) is 0 Å². The van der Waals surface area contributed by atoms with Crippen LogP contribution in [0.1, 0.15) is 23.1 Å². The molecule has 0 aliphatic carbocycles. The summed E-state index contributed by atoms with van der Waals surface area (Å²) in [6.07, 6.45) is 0. The van der Waals surface area contributed by atoms with Crippen molar-refractivity contribution in [2.45, 2.75) is 13.8 Å². The lowest BCUT2D eigenvalue weighted by atomic mass is 10.2. The third-order valence-corrected chi connectivity index (χ3v) is 3.96. The van der Waals surface area contributed by atoms with E-state index in [1.54, 1.807) is 37.3 Å². The summed E-state index contributed by atoms with van der Waals surface area (Å²) in [5.41, 5.74) is 2.24. The second-order valence-corrected chi connectivity index (χ2v) is 6.14. The van der Waals surface area contributed by atoms with Crippen molar-refractivity contribution in [2.24, 2.45) is 0 Å². The van der Waals surface area contributed by atoms with Crippen molar-refractivity contribution in [2.75, 3.05) is 17.2 Å². The molecule has 2 aromatic carbocycles. The second kappa shape index (κ2) is 8.51. The average Bonchev–Trinajstić information content (AvgIpc) is 2.65. The number of hydrogen-bond acceptors (Lipinski definition) is 5. The normalized spacial score (nSPS) is 10.3. The van der Waals surface area contributed by atoms with Crippen LogP contribution in [0.3, 0.4) is 0 Å². The van der Waals surface area contributed by atoms with E-state index in [2.05, 4.69) is 20.6 Å². The number of halogens is 1. The molecule has 0 saturated heterocycles. The van der Waals surface area contributed by atoms with Gasteiger partial charge in [-0.3, -0.25) is 4.79 Å². The molecule has 0 spiro atoms. The Morgan fingerprint density at radius 2 is 1.85 bits per heavy atom. The number of rotatable bonds is 6. The maximum Gasteiger partial charge on any atom is 0.274 e. The Morgan fingerprint density at radius 3 is 2.56 bits per heavy atom. The molecule has 1 heterocycles. The predicted molar refractivity (Wildman–Crippen MR) is 107 cm³/mol. The van der Waals surface area contributed by atoms with Gasteiger partial charge in [-0.05, 0) is 56.3 Å². The van der Waals surface area contributed by atoms with Crippen LogP contribution in [0.25, 0.3) is 0 Å². The van der Waals surface area contributed by atoms with Gasteiger partial charge in [0.15, 0.2) is 0 Å². The van der Waals surface area contributed by atoms with Gasteiger partial charge in [-0.1, -0.05) is 23.7 Å². The van der Waals surface area contributed by atoms with Crippen LogP contribution in [0.15, 0.2) is 54.6 Å². The Bertz CT molecular complexity index is 945. The Labute approximate surface area is 162 Å². The zero-order valence-corrected chi connectivity index (χ0v) is 15.7. The SMILES string of the molecule is CCOc1ccc(Nc2nc(C)cc(C(=O)Nc3ccccc3Cl)n2)cc1. The molecule has 27 heavy (non-hydrogen) atoms. The van der Waals surface area contributed by atoms with Crippen molar-refractivity contribution in [3.63, 3.8) is 0 Å². The number of aryl methyl sites for hydroxylation is 1. The lowest BCUT2D eigenvalue weighted by molar-refractivity contribution is 0.102. The molecule has 1 aromatic heterocycles. The van der Waals surface area contributed by atoms with Crippen molar-refractivity contribution in [3.8, 4) is 5.75 Å². The van der Waals surface area contributed by atoms with E-state index in [0.717, 1.165) is 11.4 Å². The number of anilines is 3. The van der Waals surface area contributed by atoms with Crippen LogP contribution in [0.2, 0.25) is 5.02 Å². The lowest BCUT2D eigenvalue weighted by Gasteiger charge is -2.10. The molecule has 2 N–H and O–H groups in total. The fraction of sp³-hybridized carbons (Fsp3) is 0.150. The summed E-state index contributed by atoms with van der Waals surface area (Å²) in [5.74, 6) is 0.764. The molecular weight excluding hydrogens is 364 g/mol. The number of nitrogens with zero attached hydrogens (tertiary/aromatic N) is 2. The molecule has 0 atom stereocenters. The summed E-state index contributed by atoms with van der Waals surface area (Å²) in [6.45, 7) is 4.34. The van der Waals surface area contributed by atoms with Crippen LogP contribution in [0, 0.1) is 6.92 Å². The highest BCUT2D eigenvalue weighted by molar-refractivity contribution is 6.33. The molecule has 7 heteroatoms. The highest BCUT2D eigenvalue weighted by Gasteiger charge is 2.12. The summed E-state index contributed by atoms with van der Waals surface area (Å²) < 4.78 is 5.42. The van der Waals surface area contributed by atoms with Gasteiger partial charge in [0.2, 0.25) is 5.95 Å². The zero-order valence-electron chi connectivity index (χ0n) is 15.0. The minimum atomic E-state index is -0.358. The summed E-state index contributed by atoms with van der Waals surface area (Å²) in [6, 6.07) is 16.1. The van der Waals surface area contributed by atoms with Crippen LogP contribution in [-0.2, 0) is 0 Å². The number of amides is 1. The molecule has 0 unspecified atom stereocenters. The van der Waals surface area contributed by atoms with Crippen LogP contribution >= 0.6 is 11.6 Å². The Morgan fingerprint density at radius 1 is 1.11 bits per heavy atom. The van der Waals surface area contributed by atoms with E-state index in [1.165, 1.54) is 0 Å². The summed E-state index contributed by atoms with van der Waals surface area (Å²) >= 11 is 6.09. The standard InChI is InChI=1S/C20H19ClN4O2/c1-3-27-15-10-8-14(9-11-15)23-20-22-13(2)12-18(25-20)19(26)24-17-7-5-4-6-16(17)21/h4-12H,3H2,1-2H3,(H,24,26)(H,22,23,25). The average molecular weight is 383 g/mol. The van der Waals surface area contributed by atoms with Gasteiger partial charge < -0.3 is 15.4 Å². The van der Waals surface area contributed by atoms with Gasteiger partial charge in [0.05, 0.1) is 17.3 Å². The third kappa shape index (κ3) is 4.95. The molecule has 1 amide bonds. The number of carbonyl (C=O) groups excluding carboxylic acids is 1. The zero-order chi connectivity index (χ0) is 19.2. The maximum atomic E-state index is 12.5. The molecule has 138 valence electrons. The topological polar surface area (TPSA) is 76.1 Å². The van der Waals surface area contributed by atoms with Gasteiger partial charge in [-0.2, -0.15) is 0 Å². The van der Waals surface area contributed by atoms with Crippen LogP contribution in [0.4, 0.5) is 17.3 Å². The predicted octanol–water partition coefficient (Wildman–Crippen LogP) is 4.83. The molecule has 3 rings (SSSR count). The molecule has 3 aromatic rings. The number of carbonyl (C=O) groups is 1. The molecule has 0 saturated carbocycles. The summed E-state index contributed by atoms with van der Waals surface area (Å²) in [5, 5.41) is 6.32. The fourth-order valence-electron chi connectivity index (χ4n) is 2.42. The first-order valence-corrected chi connectivity index (χ1v) is 8.84. The van der Waals surface area contributed by atoms with E-state index >= 15 is 0 Å².